The molecule has 2 N–H and O–H groups in total. The van der Waals surface area contributed by atoms with Gasteiger partial charge in [-0.15, -0.1) is 0 Å². The molecular weight excluding hydrogens is 352 g/mol. The van der Waals surface area contributed by atoms with Crippen LogP contribution in [0.2, 0.25) is 0 Å². The Morgan fingerprint density at radius 1 is 1.04 bits per heavy atom. The van der Waals surface area contributed by atoms with Gasteiger partial charge in [0, 0.05) is 37.6 Å². The van der Waals surface area contributed by atoms with E-state index in [-0.39, 0.29) is 5.91 Å². The molecule has 0 fully saturated rings. The van der Waals surface area contributed by atoms with Crippen LogP contribution in [0.4, 0.5) is 11.5 Å². The van der Waals surface area contributed by atoms with Crippen molar-refractivity contribution in [2.24, 2.45) is 0 Å². The fourth-order valence-electron chi connectivity index (χ4n) is 2.70. The van der Waals surface area contributed by atoms with Crippen LogP contribution in [0, 0.1) is 6.92 Å². The first kappa shape index (κ1) is 19.5. The first-order valence-electron chi connectivity index (χ1n) is 9.21. The van der Waals surface area contributed by atoms with Crippen LogP contribution in [0.3, 0.4) is 0 Å². The Labute approximate surface area is 165 Å². The van der Waals surface area contributed by atoms with Crippen LogP contribution < -0.4 is 10.6 Å². The molecule has 0 atom stereocenters. The summed E-state index contributed by atoms with van der Waals surface area (Å²) in [5, 5.41) is 6.18. The summed E-state index contributed by atoms with van der Waals surface area (Å²) in [6, 6.07) is 19.2. The minimum absolute atomic E-state index is 0.233. The third-order valence-electron chi connectivity index (χ3n) is 4.21. The Kier molecular flexibility index (Phi) is 6.70. The number of carbonyl (C=O) groups excluding carboxylic acids is 1. The molecule has 1 amide bonds. The highest BCUT2D eigenvalue weighted by Gasteiger charge is 2.13. The number of nitrogens with zero attached hydrogens (tertiary/aromatic N) is 2. The van der Waals surface area contributed by atoms with Gasteiger partial charge in [-0.25, -0.2) is 9.97 Å². The van der Waals surface area contributed by atoms with Crippen molar-refractivity contribution in [3.8, 4) is 11.4 Å². The number of methoxy groups -OCH3 is 1. The third kappa shape index (κ3) is 5.14. The molecule has 6 heteroatoms. The number of ether oxygens (including phenoxy) is 1. The van der Waals surface area contributed by atoms with Crippen LogP contribution in [0.25, 0.3) is 11.4 Å². The van der Waals surface area contributed by atoms with E-state index in [0.717, 1.165) is 23.2 Å². The van der Waals surface area contributed by atoms with Crippen LogP contribution >= 0.6 is 0 Å². The molecule has 0 unspecified atom stereocenters. The van der Waals surface area contributed by atoms with E-state index in [2.05, 4.69) is 20.6 Å². The number of carbonyl (C=O) groups is 1. The fourth-order valence-corrected chi connectivity index (χ4v) is 2.70. The second-order valence-electron chi connectivity index (χ2n) is 6.37. The van der Waals surface area contributed by atoms with E-state index in [1.165, 1.54) is 0 Å². The maximum absolute atomic E-state index is 12.6. The van der Waals surface area contributed by atoms with Gasteiger partial charge in [0.15, 0.2) is 5.82 Å². The van der Waals surface area contributed by atoms with E-state index in [9.17, 15) is 4.79 Å². The molecule has 1 aromatic heterocycles. The second-order valence-corrected chi connectivity index (χ2v) is 6.37. The van der Waals surface area contributed by atoms with Crippen molar-refractivity contribution >= 4 is 17.4 Å². The highest BCUT2D eigenvalue weighted by Crippen LogP contribution is 2.22. The zero-order valence-electron chi connectivity index (χ0n) is 16.1. The lowest BCUT2D eigenvalue weighted by Gasteiger charge is -2.12. The number of benzene rings is 2. The van der Waals surface area contributed by atoms with Gasteiger partial charge in [0.1, 0.15) is 11.5 Å². The molecule has 0 bridgehead atoms. The van der Waals surface area contributed by atoms with Gasteiger partial charge >= 0.3 is 0 Å². The van der Waals surface area contributed by atoms with Crippen molar-refractivity contribution in [2.45, 2.75) is 13.3 Å². The molecule has 3 aromatic rings. The zero-order valence-corrected chi connectivity index (χ0v) is 16.1. The molecule has 0 spiro atoms. The van der Waals surface area contributed by atoms with E-state index in [4.69, 9.17) is 4.74 Å². The van der Waals surface area contributed by atoms with Gasteiger partial charge in [-0.05, 0) is 25.0 Å². The summed E-state index contributed by atoms with van der Waals surface area (Å²) in [6.07, 6.45) is 0.743. The Hall–Kier alpha value is -3.25. The maximum atomic E-state index is 12.6. The van der Waals surface area contributed by atoms with E-state index < -0.39 is 0 Å². The zero-order chi connectivity index (χ0) is 19.8. The number of rotatable bonds is 8. The predicted octanol–water partition coefficient (Wildman–Crippen LogP) is 3.96. The molecule has 2 aromatic carbocycles. The molecule has 0 aliphatic carbocycles. The summed E-state index contributed by atoms with van der Waals surface area (Å²) in [5.41, 5.74) is 3.20. The number of nitrogens with one attached hydrogen (secondary N) is 2. The molecule has 0 saturated carbocycles. The Morgan fingerprint density at radius 2 is 1.79 bits per heavy atom. The second kappa shape index (κ2) is 9.62. The van der Waals surface area contributed by atoms with Crippen LogP contribution in [-0.2, 0) is 4.74 Å². The number of amides is 1. The van der Waals surface area contributed by atoms with Gasteiger partial charge in [0.25, 0.3) is 5.91 Å². The molecular formula is C22H24N4O2. The smallest absolute Gasteiger partial charge is 0.270 e. The molecule has 0 aliphatic rings. The third-order valence-corrected chi connectivity index (χ3v) is 4.21. The van der Waals surface area contributed by atoms with Crippen molar-refractivity contribution in [2.75, 3.05) is 25.6 Å². The normalized spacial score (nSPS) is 10.5. The average Bonchev–Trinajstić information content (AvgIpc) is 2.73. The summed E-state index contributed by atoms with van der Waals surface area (Å²) in [4.78, 5) is 21.7. The summed E-state index contributed by atoms with van der Waals surface area (Å²) in [6.45, 7) is 3.14. The Bertz CT molecular complexity index is 929. The Balaban J connectivity index is 1.90. The molecule has 0 radical (unpaired) electrons. The number of aryl methyl sites for hydroxylation is 1. The largest absolute Gasteiger partial charge is 0.385 e. The minimum atomic E-state index is -0.233. The lowest BCUT2D eigenvalue weighted by atomic mass is 10.2. The van der Waals surface area contributed by atoms with Crippen molar-refractivity contribution in [3.05, 3.63) is 71.9 Å². The monoisotopic (exact) mass is 376 g/mol. The standard InChI is InChI=1S/C22H24N4O2/c1-16-9-6-7-12-18(16)24-20-15-19(22(27)23-13-8-14-28-2)25-21(26-20)17-10-4-3-5-11-17/h3-7,9-12,15H,8,13-14H2,1-2H3,(H,23,27)(H,24,25,26). The van der Waals surface area contributed by atoms with Crippen molar-refractivity contribution in [1.82, 2.24) is 15.3 Å². The van der Waals surface area contributed by atoms with Crippen LogP contribution in [0.15, 0.2) is 60.7 Å². The number of para-hydroxylation sites is 1. The average molecular weight is 376 g/mol. The summed E-state index contributed by atoms with van der Waals surface area (Å²) in [7, 11) is 1.64. The molecule has 0 saturated heterocycles. The van der Waals surface area contributed by atoms with Gasteiger partial charge in [-0.2, -0.15) is 0 Å². The fraction of sp³-hybridized carbons (Fsp3) is 0.227. The molecule has 144 valence electrons. The highest BCUT2D eigenvalue weighted by molar-refractivity contribution is 5.93. The van der Waals surface area contributed by atoms with Crippen molar-refractivity contribution < 1.29 is 9.53 Å². The molecule has 28 heavy (non-hydrogen) atoms. The van der Waals surface area contributed by atoms with Gasteiger partial charge < -0.3 is 15.4 Å². The van der Waals surface area contributed by atoms with Crippen molar-refractivity contribution in [3.63, 3.8) is 0 Å². The Morgan fingerprint density at radius 3 is 2.54 bits per heavy atom. The molecule has 0 aliphatic heterocycles. The topological polar surface area (TPSA) is 76.1 Å². The van der Waals surface area contributed by atoms with E-state index in [0.29, 0.717) is 30.5 Å². The lowest BCUT2D eigenvalue weighted by Crippen LogP contribution is -2.26. The van der Waals surface area contributed by atoms with E-state index in [1.54, 1.807) is 13.2 Å². The van der Waals surface area contributed by atoms with E-state index in [1.807, 2.05) is 61.5 Å². The first-order chi connectivity index (χ1) is 13.7. The lowest BCUT2D eigenvalue weighted by molar-refractivity contribution is 0.0943. The molecule has 3 rings (SSSR count). The molecule has 6 nitrogen and oxygen atoms in total. The number of hydrogen-bond acceptors (Lipinski definition) is 5. The van der Waals surface area contributed by atoms with Crippen LogP contribution in [-0.4, -0.2) is 36.1 Å². The van der Waals surface area contributed by atoms with Gasteiger partial charge in [0.05, 0.1) is 0 Å². The molecule has 1 heterocycles. The summed E-state index contributed by atoms with van der Waals surface area (Å²) >= 11 is 0. The SMILES string of the molecule is COCCCNC(=O)c1cc(Nc2ccccc2C)nc(-c2ccccc2)n1. The minimum Gasteiger partial charge on any atom is -0.385 e. The summed E-state index contributed by atoms with van der Waals surface area (Å²) < 4.78 is 5.02. The van der Waals surface area contributed by atoms with Gasteiger partial charge in [0.2, 0.25) is 0 Å². The number of anilines is 2. The van der Waals surface area contributed by atoms with Gasteiger partial charge in [-0.1, -0.05) is 48.5 Å². The van der Waals surface area contributed by atoms with Crippen LogP contribution in [0.1, 0.15) is 22.5 Å². The van der Waals surface area contributed by atoms with Gasteiger partial charge in [-0.3, -0.25) is 4.79 Å². The maximum Gasteiger partial charge on any atom is 0.270 e. The highest BCUT2D eigenvalue weighted by atomic mass is 16.5. The first-order valence-corrected chi connectivity index (χ1v) is 9.21. The predicted molar refractivity (Wildman–Crippen MR) is 111 cm³/mol. The number of aromatic nitrogens is 2. The van der Waals surface area contributed by atoms with Crippen LogP contribution in [0.5, 0.6) is 0 Å². The number of hydrogen-bond donors (Lipinski definition) is 2. The quantitative estimate of drug-likeness (QED) is 0.582. The summed E-state index contributed by atoms with van der Waals surface area (Å²) in [5.74, 6) is 0.843. The van der Waals surface area contributed by atoms with Crippen molar-refractivity contribution in [1.29, 1.82) is 0 Å². The van der Waals surface area contributed by atoms with E-state index >= 15 is 0 Å².